The fourth-order valence-electron chi connectivity index (χ4n) is 2.30. The van der Waals surface area contributed by atoms with E-state index in [0.29, 0.717) is 12.0 Å². The Hall–Kier alpha value is -1.80. The molecule has 3 atom stereocenters. The lowest BCUT2D eigenvalue weighted by molar-refractivity contribution is -0.274. The third kappa shape index (κ3) is 4.84. The van der Waals surface area contributed by atoms with Crippen LogP contribution in [0.1, 0.15) is 24.8 Å². The second kappa shape index (κ2) is 6.37. The van der Waals surface area contributed by atoms with E-state index in [0.717, 1.165) is 0 Å². The first-order chi connectivity index (χ1) is 10.6. The first-order valence-corrected chi connectivity index (χ1v) is 7.08. The number of para-hydroxylation sites is 1. The molecular weight excluding hydrogens is 315 g/mol. The van der Waals surface area contributed by atoms with Crippen LogP contribution >= 0.6 is 0 Å². The molecule has 5 nitrogen and oxygen atoms in total. The first-order valence-electron chi connectivity index (χ1n) is 7.08. The molecule has 1 aromatic rings. The molecule has 0 unspecified atom stereocenters. The molecular formula is C15H18F3NO4. The average molecular weight is 333 g/mol. The minimum atomic E-state index is -4.79. The maximum atomic E-state index is 12.4. The van der Waals surface area contributed by atoms with E-state index in [1.165, 1.54) is 25.1 Å². The van der Waals surface area contributed by atoms with Gasteiger partial charge in [0.25, 0.3) is 0 Å². The monoisotopic (exact) mass is 333 g/mol. The Morgan fingerprint density at radius 3 is 2.65 bits per heavy atom. The smallest absolute Gasteiger partial charge is 0.405 e. The summed E-state index contributed by atoms with van der Waals surface area (Å²) in [7, 11) is 0. The highest BCUT2D eigenvalue weighted by molar-refractivity contribution is 5.83. The average Bonchev–Trinajstić information content (AvgIpc) is 3.24. The molecule has 1 fully saturated rings. The third-order valence-corrected chi connectivity index (χ3v) is 3.66. The van der Waals surface area contributed by atoms with Crippen LogP contribution in [0.15, 0.2) is 24.3 Å². The number of amides is 1. The predicted octanol–water partition coefficient (Wildman–Crippen LogP) is 1.55. The van der Waals surface area contributed by atoms with Crippen molar-refractivity contribution in [3.8, 4) is 5.75 Å². The van der Waals surface area contributed by atoms with Gasteiger partial charge in [-0.1, -0.05) is 18.2 Å². The van der Waals surface area contributed by atoms with Crippen LogP contribution < -0.4 is 10.1 Å². The fraction of sp³-hybridized carbons (Fsp3) is 0.533. The second-order valence-electron chi connectivity index (χ2n) is 5.91. The summed E-state index contributed by atoms with van der Waals surface area (Å²) in [6, 6.07) is 5.73. The van der Waals surface area contributed by atoms with E-state index in [4.69, 9.17) is 5.11 Å². The summed E-state index contributed by atoms with van der Waals surface area (Å²) < 4.78 is 41.2. The molecule has 2 rings (SSSR count). The van der Waals surface area contributed by atoms with Gasteiger partial charge in [0.2, 0.25) is 5.91 Å². The summed E-state index contributed by atoms with van der Waals surface area (Å²) in [6.07, 6.45) is -4.38. The number of carbonyl (C=O) groups excluding carboxylic acids is 1. The highest BCUT2D eigenvalue weighted by atomic mass is 19.4. The highest BCUT2D eigenvalue weighted by Gasteiger charge is 2.46. The predicted molar refractivity (Wildman–Crippen MR) is 74.7 cm³/mol. The number of hydrogen-bond donors (Lipinski definition) is 3. The second-order valence-corrected chi connectivity index (χ2v) is 5.91. The van der Waals surface area contributed by atoms with Crippen molar-refractivity contribution in [3.05, 3.63) is 29.8 Å². The van der Waals surface area contributed by atoms with Gasteiger partial charge < -0.3 is 20.3 Å². The van der Waals surface area contributed by atoms with Crippen LogP contribution in [0, 0.1) is 5.92 Å². The number of aliphatic hydroxyl groups is 2. The van der Waals surface area contributed by atoms with E-state index >= 15 is 0 Å². The quantitative estimate of drug-likeness (QED) is 0.738. The van der Waals surface area contributed by atoms with Crippen LogP contribution in [-0.4, -0.2) is 41.2 Å². The molecule has 0 aromatic heterocycles. The number of benzene rings is 1. The van der Waals surface area contributed by atoms with Gasteiger partial charge in [-0.25, -0.2) is 0 Å². The van der Waals surface area contributed by atoms with Crippen LogP contribution in [0.2, 0.25) is 0 Å². The number of halogens is 3. The van der Waals surface area contributed by atoms with Crippen LogP contribution in [-0.2, 0) is 4.79 Å². The Morgan fingerprint density at radius 1 is 1.39 bits per heavy atom. The number of aliphatic hydroxyl groups excluding tert-OH is 1. The van der Waals surface area contributed by atoms with Crippen LogP contribution in [0.4, 0.5) is 13.2 Å². The number of nitrogens with one attached hydrogen (secondary N) is 1. The van der Waals surface area contributed by atoms with Crippen molar-refractivity contribution in [2.45, 2.75) is 31.2 Å². The standard InChI is InChI=1S/C15H18F3NO4/c1-14(22,8-20)7-19-13(21)11-6-10(11)9-4-2-3-5-12(9)23-15(16,17)18/h2-5,10-11,20,22H,6-8H2,1H3,(H,19,21)/t10-,11-,14+/m0/s1. The summed E-state index contributed by atoms with van der Waals surface area (Å²) in [5.74, 6) is -1.50. The lowest BCUT2D eigenvalue weighted by Crippen LogP contribution is -2.43. The van der Waals surface area contributed by atoms with Crippen molar-refractivity contribution in [1.29, 1.82) is 0 Å². The molecule has 1 amide bonds. The number of rotatable bonds is 6. The molecule has 0 bridgehead atoms. The number of hydrogen-bond acceptors (Lipinski definition) is 4. The van der Waals surface area contributed by atoms with Gasteiger partial charge in [0.1, 0.15) is 11.4 Å². The molecule has 128 valence electrons. The summed E-state index contributed by atoms with van der Waals surface area (Å²) >= 11 is 0. The molecule has 0 radical (unpaired) electrons. The summed E-state index contributed by atoms with van der Waals surface area (Å²) in [5.41, 5.74) is -1.10. The van der Waals surface area contributed by atoms with Crippen molar-refractivity contribution in [3.63, 3.8) is 0 Å². The molecule has 23 heavy (non-hydrogen) atoms. The molecule has 0 saturated heterocycles. The van der Waals surface area contributed by atoms with Crippen molar-refractivity contribution in [1.82, 2.24) is 5.32 Å². The van der Waals surface area contributed by atoms with Gasteiger partial charge in [0, 0.05) is 12.5 Å². The molecule has 1 saturated carbocycles. The van der Waals surface area contributed by atoms with Crippen LogP contribution in [0.25, 0.3) is 0 Å². The Bertz CT molecular complexity index is 574. The lowest BCUT2D eigenvalue weighted by atomic mass is 10.1. The van der Waals surface area contributed by atoms with Gasteiger partial charge in [-0.3, -0.25) is 4.79 Å². The zero-order valence-electron chi connectivity index (χ0n) is 12.4. The molecule has 1 aliphatic carbocycles. The summed E-state index contributed by atoms with van der Waals surface area (Å²) in [4.78, 5) is 12.0. The van der Waals surface area contributed by atoms with Gasteiger partial charge in [0.05, 0.1) is 6.61 Å². The number of carbonyl (C=O) groups is 1. The SMILES string of the molecule is C[C@](O)(CO)CNC(=O)[C@H]1C[C@H]1c1ccccc1OC(F)(F)F. The van der Waals surface area contributed by atoms with Gasteiger partial charge >= 0.3 is 6.36 Å². The lowest BCUT2D eigenvalue weighted by Gasteiger charge is -2.20. The normalized spacial score (nSPS) is 23.0. The zero-order chi connectivity index (χ0) is 17.3. The van der Waals surface area contributed by atoms with E-state index in [2.05, 4.69) is 10.1 Å². The van der Waals surface area contributed by atoms with Crippen molar-refractivity contribution in [2.24, 2.45) is 5.92 Å². The van der Waals surface area contributed by atoms with E-state index in [9.17, 15) is 23.1 Å². The summed E-state index contributed by atoms with van der Waals surface area (Å²) in [5, 5.41) is 21.0. The van der Waals surface area contributed by atoms with E-state index in [1.54, 1.807) is 6.07 Å². The van der Waals surface area contributed by atoms with Crippen LogP contribution in [0.5, 0.6) is 5.75 Å². The maximum Gasteiger partial charge on any atom is 0.573 e. The Morgan fingerprint density at radius 2 is 2.04 bits per heavy atom. The molecule has 1 aromatic carbocycles. The Labute approximate surface area is 131 Å². The maximum absolute atomic E-state index is 12.4. The molecule has 3 N–H and O–H groups in total. The molecule has 0 aliphatic heterocycles. The van der Waals surface area contributed by atoms with Crippen molar-refractivity contribution < 1.29 is 32.9 Å². The molecule has 0 spiro atoms. The van der Waals surface area contributed by atoms with E-state index in [-0.39, 0.29) is 24.1 Å². The zero-order valence-corrected chi connectivity index (χ0v) is 12.4. The Balaban J connectivity index is 2.00. The molecule has 8 heteroatoms. The summed E-state index contributed by atoms with van der Waals surface area (Å²) in [6.45, 7) is 0.722. The third-order valence-electron chi connectivity index (χ3n) is 3.66. The van der Waals surface area contributed by atoms with Crippen molar-refractivity contribution in [2.75, 3.05) is 13.2 Å². The Kier molecular flexibility index (Phi) is 4.86. The minimum absolute atomic E-state index is 0.133. The minimum Gasteiger partial charge on any atom is -0.405 e. The fourth-order valence-corrected chi connectivity index (χ4v) is 2.30. The van der Waals surface area contributed by atoms with E-state index in [1.807, 2.05) is 0 Å². The topological polar surface area (TPSA) is 78.8 Å². The molecule has 0 heterocycles. The van der Waals surface area contributed by atoms with Gasteiger partial charge in [-0.15, -0.1) is 13.2 Å². The van der Waals surface area contributed by atoms with Crippen molar-refractivity contribution >= 4 is 5.91 Å². The van der Waals surface area contributed by atoms with Gasteiger partial charge in [0.15, 0.2) is 0 Å². The van der Waals surface area contributed by atoms with E-state index < -0.39 is 24.5 Å². The largest absolute Gasteiger partial charge is 0.573 e. The van der Waals surface area contributed by atoms with Gasteiger partial charge in [-0.05, 0) is 30.9 Å². The first kappa shape index (κ1) is 17.6. The molecule has 1 aliphatic rings. The van der Waals surface area contributed by atoms with Crippen LogP contribution in [0.3, 0.4) is 0 Å². The van der Waals surface area contributed by atoms with Gasteiger partial charge in [-0.2, -0.15) is 0 Å². The highest BCUT2D eigenvalue weighted by Crippen LogP contribution is 2.51. The number of ether oxygens (including phenoxy) is 1. The number of alkyl halides is 3.